The Labute approximate surface area is 90.2 Å². The molecule has 3 nitrogen and oxygen atoms in total. The van der Waals surface area contributed by atoms with Crippen molar-refractivity contribution in [1.29, 1.82) is 0 Å². The van der Waals surface area contributed by atoms with Gasteiger partial charge in [-0.1, -0.05) is 19.1 Å². The van der Waals surface area contributed by atoms with Gasteiger partial charge < -0.3 is 10.5 Å². The molecule has 0 unspecified atom stereocenters. The second-order valence-corrected chi connectivity index (χ2v) is 3.60. The molecule has 3 heteroatoms. The molecule has 2 N–H and O–H groups in total. The Bertz CT molecular complexity index is 347. The van der Waals surface area contributed by atoms with Gasteiger partial charge in [-0.25, -0.2) is 0 Å². The molecule has 0 radical (unpaired) electrons. The highest BCUT2D eigenvalue weighted by Crippen LogP contribution is 2.14. The lowest BCUT2D eigenvalue weighted by atomic mass is 10.1. The van der Waals surface area contributed by atoms with Crippen LogP contribution < -0.4 is 5.73 Å². The van der Waals surface area contributed by atoms with Gasteiger partial charge in [0.15, 0.2) is 0 Å². The van der Waals surface area contributed by atoms with Gasteiger partial charge >= 0.3 is 5.97 Å². The molecule has 0 spiro atoms. The summed E-state index contributed by atoms with van der Waals surface area (Å²) in [5, 5.41) is 0. The van der Waals surface area contributed by atoms with Crippen LogP contribution in [0.15, 0.2) is 18.2 Å². The second kappa shape index (κ2) is 5.39. The van der Waals surface area contributed by atoms with Crippen LogP contribution in [0.3, 0.4) is 0 Å². The van der Waals surface area contributed by atoms with Crippen LogP contribution >= 0.6 is 0 Å². The van der Waals surface area contributed by atoms with Gasteiger partial charge in [0.1, 0.15) is 0 Å². The number of esters is 1. The van der Waals surface area contributed by atoms with E-state index < -0.39 is 0 Å². The number of hydrogen-bond donors (Lipinski definition) is 1. The minimum Gasteiger partial charge on any atom is -0.465 e. The molecule has 1 aromatic rings. The molecular formula is C12H17NO2. The van der Waals surface area contributed by atoms with Gasteiger partial charge in [-0.3, -0.25) is 4.79 Å². The molecule has 0 heterocycles. The molecule has 0 atom stereocenters. The Kier molecular flexibility index (Phi) is 4.16. The minimum atomic E-state index is -0.215. The minimum absolute atomic E-state index is 0.215. The monoisotopic (exact) mass is 207 g/mol. The molecule has 82 valence electrons. The number of carbonyl (C=O) groups excluding carboxylic acids is 1. The van der Waals surface area contributed by atoms with Crippen LogP contribution in [0.5, 0.6) is 0 Å². The molecule has 0 amide bonds. The van der Waals surface area contributed by atoms with Crippen molar-refractivity contribution in [2.24, 2.45) is 0 Å². The van der Waals surface area contributed by atoms with E-state index in [0.29, 0.717) is 12.3 Å². The number of carbonyl (C=O) groups is 1. The Morgan fingerprint density at radius 1 is 1.47 bits per heavy atom. The van der Waals surface area contributed by atoms with Gasteiger partial charge in [-0.2, -0.15) is 0 Å². The number of benzene rings is 1. The largest absolute Gasteiger partial charge is 0.465 e. The highest BCUT2D eigenvalue weighted by Gasteiger charge is 2.07. The number of anilines is 1. The Hall–Kier alpha value is -1.51. The molecule has 0 bridgehead atoms. The molecule has 0 saturated heterocycles. The molecule has 1 rings (SSSR count). The highest BCUT2D eigenvalue weighted by molar-refractivity contribution is 5.74. The van der Waals surface area contributed by atoms with E-state index >= 15 is 0 Å². The summed E-state index contributed by atoms with van der Waals surface area (Å²) >= 11 is 0. The van der Waals surface area contributed by atoms with Crippen LogP contribution in [0, 0.1) is 6.92 Å². The molecule has 0 fully saturated rings. The van der Waals surface area contributed by atoms with Crippen molar-refractivity contribution < 1.29 is 9.53 Å². The van der Waals surface area contributed by atoms with E-state index in [1.165, 1.54) is 0 Å². The summed E-state index contributed by atoms with van der Waals surface area (Å²) in [7, 11) is 0. The fourth-order valence-electron chi connectivity index (χ4n) is 1.30. The van der Waals surface area contributed by atoms with E-state index in [1.807, 2.05) is 32.0 Å². The fraction of sp³-hybridized carbons (Fsp3) is 0.417. The predicted octanol–water partition coefficient (Wildman–Crippen LogP) is 2.07. The topological polar surface area (TPSA) is 52.3 Å². The normalized spacial score (nSPS) is 10.0. The Balaban J connectivity index is 2.60. The number of rotatable bonds is 4. The van der Waals surface area contributed by atoms with Crippen molar-refractivity contribution >= 4 is 11.7 Å². The number of nitrogen functional groups attached to an aromatic ring is 1. The van der Waals surface area contributed by atoms with E-state index in [0.717, 1.165) is 17.5 Å². The Morgan fingerprint density at radius 2 is 2.20 bits per heavy atom. The third kappa shape index (κ3) is 3.62. The first-order valence-corrected chi connectivity index (χ1v) is 5.14. The zero-order chi connectivity index (χ0) is 11.3. The summed E-state index contributed by atoms with van der Waals surface area (Å²) in [5.41, 5.74) is 8.38. The van der Waals surface area contributed by atoms with Crippen LogP contribution in [-0.4, -0.2) is 12.6 Å². The van der Waals surface area contributed by atoms with Crippen molar-refractivity contribution in [3.8, 4) is 0 Å². The summed E-state index contributed by atoms with van der Waals surface area (Å²) < 4.78 is 4.99. The lowest BCUT2D eigenvalue weighted by Crippen LogP contribution is -2.10. The molecule has 0 aromatic heterocycles. The van der Waals surface area contributed by atoms with E-state index in [-0.39, 0.29) is 12.4 Å². The molecule has 0 aliphatic carbocycles. The maximum Gasteiger partial charge on any atom is 0.310 e. The first kappa shape index (κ1) is 11.6. The number of aryl methyl sites for hydroxylation is 1. The van der Waals surface area contributed by atoms with Gasteiger partial charge in [0.2, 0.25) is 0 Å². The van der Waals surface area contributed by atoms with E-state index in [1.54, 1.807) is 0 Å². The average molecular weight is 207 g/mol. The fourth-order valence-corrected chi connectivity index (χ4v) is 1.30. The van der Waals surface area contributed by atoms with Gasteiger partial charge in [0.05, 0.1) is 13.0 Å². The van der Waals surface area contributed by atoms with Crippen LogP contribution in [0.4, 0.5) is 5.69 Å². The Morgan fingerprint density at radius 3 is 2.80 bits per heavy atom. The molecule has 0 aliphatic rings. The molecule has 15 heavy (non-hydrogen) atoms. The van der Waals surface area contributed by atoms with E-state index in [9.17, 15) is 4.79 Å². The average Bonchev–Trinajstić information content (AvgIpc) is 2.19. The van der Waals surface area contributed by atoms with Crippen molar-refractivity contribution in [2.45, 2.75) is 26.7 Å². The van der Waals surface area contributed by atoms with Crippen LogP contribution in [0.25, 0.3) is 0 Å². The molecule has 0 saturated carbocycles. The number of hydrogen-bond acceptors (Lipinski definition) is 3. The van der Waals surface area contributed by atoms with Gasteiger partial charge in [-0.05, 0) is 30.5 Å². The number of nitrogens with two attached hydrogens (primary N) is 1. The predicted molar refractivity (Wildman–Crippen MR) is 60.5 cm³/mol. The zero-order valence-electron chi connectivity index (χ0n) is 9.25. The van der Waals surface area contributed by atoms with Crippen molar-refractivity contribution in [1.82, 2.24) is 0 Å². The lowest BCUT2D eigenvalue weighted by molar-refractivity contribution is -0.142. The van der Waals surface area contributed by atoms with Crippen LogP contribution in [-0.2, 0) is 16.0 Å². The lowest BCUT2D eigenvalue weighted by Gasteiger charge is -2.06. The van der Waals surface area contributed by atoms with E-state index in [4.69, 9.17) is 10.5 Å². The summed E-state index contributed by atoms with van der Waals surface area (Å²) in [6.45, 7) is 4.41. The molecular weight excluding hydrogens is 190 g/mol. The van der Waals surface area contributed by atoms with Crippen molar-refractivity contribution in [3.63, 3.8) is 0 Å². The highest BCUT2D eigenvalue weighted by atomic mass is 16.5. The summed E-state index contributed by atoms with van der Waals surface area (Å²) in [4.78, 5) is 11.3. The van der Waals surface area contributed by atoms with Crippen LogP contribution in [0.1, 0.15) is 24.5 Å². The smallest absolute Gasteiger partial charge is 0.310 e. The zero-order valence-corrected chi connectivity index (χ0v) is 9.25. The van der Waals surface area contributed by atoms with Crippen molar-refractivity contribution in [3.05, 3.63) is 29.3 Å². The summed E-state index contributed by atoms with van der Waals surface area (Å²) in [6, 6.07) is 5.68. The first-order valence-electron chi connectivity index (χ1n) is 5.14. The van der Waals surface area contributed by atoms with E-state index in [2.05, 4.69) is 0 Å². The maximum absolute atomic E-state index is 11.3. The molecule has 1 aromatic carbocycles. The summed E-state index contributed by atoms with van der Waals surface area (Å²) in [5.74, 6) is -0.215. The van der Waals surface area contributed by atoms with Crippen molar-refractivity contribution in [2.75, 3.05) is 12.3 Å². The third-order valence-corrected chi connectivity index (χ3v) is 2.10. The summed E-state index contributed by atoms with van der Waals surface area (Å²) in [6.07, 6.45) is 1.10. The standard InChI is InChI=1S/C12H17NO2/c1-3-6-15-12(14)8-10-5-4-9(2)7-11(10)13/h4-5,7H,3,6,8,13H2,1-2H3. The van der Waals surface area contributed by atoms with Crippen LogP contribution in [0.2, 0.25) is 0 Å². The SMILES string of the molecule is CCCOC(=O)Cc1ccc(C)cc1N. The number of ether oxygens (including phenoxy) is 1. The van der Waals surface area contributed by atoms with Gasteiger partial charge in [-0.15, -0.1) is 0 Å². The first-order chi connectivity index (χ1) is 7.13. The quantitative estimate of drug-likeness (QED) is 0.607. The second-order valence-electron chi connectivity index (χ2n) is 3.60. The van der Waals surface area contributed by atoms with Gasteiger partial charge in [0.25, 0.3) is 0 Å². The van der Waals surface area contributed by atoms with Gasteiger partial charge in [0, 0.05) is 5.69 Å². The third-order valence-electron chi connectivity index (χ3n) is 2.10. The maximum atomic E-state index is 11.3. The molecule has 0 aliphatic heterocycles.